The highest BCUT2D eigenvalue weighted by Crippen LogP contribution is 2.39. The van der Waals surface area contributed by atoms with Gasteiger partial charge < -0.3 is 10.2 Å². The van der Waals surface area contributed by atoms with Crippen molar-refractivity contribution in [2.75, 3.05) is 13.1 Å². The summed E-state index contributed by atoms with van der Waals surface area (Å²) in [7, 11) is 0. The Morgan fingerprint density at radius 3 is 2.82 bits per heavy atom. The van der Waals surface area contributed by atoms with Gasteiger partial charge in [0.05, 0.1) is 0 Å². The van der Waals surface area contributed by atoms with Crippen molar-refractivity contribution in [3.63, 3.8) is 0 Å². The fourth-order valence-electron chi connectivity index (χ4n) is 2.48. The monoisotopic (exact) mass is 246 g/mol. The van der Waals surface area contributed by atoms with E-state index in [9.17, 15) is 18.4 Å². The fourth-order valence-corrected chi connectivity index (χ4v) is 2.48. The number of hydrogen-bond donors (Lipinski definition) is 1. The first-order chi connectivity index (χ1) is 7.91. The van der Waals surface area contributed by atoms with Crippen LogP contribution in [-0.2, 0) is 9.59 Å². The minimum absolute atomic E-state index is 0.214. The predicted molar refractivity (Wildman–Crippen MR) is 56.5 cm³/mol. The Labute approximate surface area is 98.3 Å². The third-order valence-corrected chi connectivity index (χ3v) is 3.53. The van der Waals surface area contributed by atoms with Gasteiger partial charge in [-0.15, -0.1) is 0 Å². The molecule has 0 bridgehead atoms. The van der Waals surface area contributed by atoms with Crippen molar-refractivity contribution < 1.29 is 18.4 Å². The smallest absolute Gasteiger partial charge is 0.248 e. The molecule has 6 heteroatoms. The van der Waals surface area contributed by atoms with Gasteiger partial charge in [-0.1, -0.05) is 0 Å². The number of nitrogens with one attached hydrogen (secondary N) is 1. The van der Waals surface area contributed by atoms with Crippen molar-refractivity contribution >= 4 is 11.8 Å². The van der Waals surface area contributed by atoms with Gasteiger partial charge in [0.1, 0.15) is 6.04 Å². The number of piperazine rings is 1. The highest BCUT2D eigenvalue weighted by Gasteiger charge is 2.45. The molecule has 2 atom stereocenters. The Morgan fingerprint density at radius 2 is 2.24 bits per heavy atom. The molecule has 2 aliphatic rings. The van der Waals surface area contributed by atoms with E-state index in [2.05, 4.69) is 5.32 Å². The van der Waals surface area contributed by atoms with Crippen LogP contribution in [0.2, 0.25) is 0 Å². The van der Waals surface area contributed by atoms with Crippen LogP contribution in [0.4, 0.5) is 8.78 Å². The van der Waals surface area contributed by atoms with Gasteiger partial charge in [-0.25, -0.2) is 8.78 Å². The van der Waals surface area contributed by atoms with E-state index in [1.54, 1.807) is 6.92 Å². The number of alkyl halides is 2. The predicted octanol–water partition coefficient (Wildman–Crippen LogP) is 0.769. The molecule has 1 heterocycles. The van der Waals surface area contributed by atoms with Gasteiger partial charge in [-0.3, -0.25) is 9.59 Å². The second-order valence-electron chi connectivity index (χ2n) is 4.79. The van der Waals surface area contributed by atoms with Gasteiger partial charge in [-0.05, 0) is 13.3 Å². The van der Waals surface area contributed by atoms with Crippen LogP contribution in [0.1, 0.15) is 26.2 Å². The van der Waals surface area contributed by atoms with E-state index in [4.69, 9.17) is 0 Å². The lowest BCUT2D eigenvalue weighted by Gasteiger charge is -2.34. The fraction of sp³-hybridized carbons (Fsp3) is 0.818. The highest BCUT2D eigenvalue weighted by atomic mass is 19.3. The molecule has 96 valence electrons. The zero-order chi connectivity index (χ0) is 12.6. The van der Waals surface area contributed by atoms with Crippen molar-refractivity contribution in [1.29, 1.82) is 0 Å². The first kappa shape index (κ1) is 12.3. The molecule has 4 nitrogen and oxygen atoms in total. The van der Waals surface area contributed by atoms with Crippen LogP contribution in [-0.4, -0.2) is 41.8 Å². The summed E-state index contributed by atoms with van der Waals surface area (Å²) in [5, 5.41) is 2.64. The molecule has 0 spiro atoms. The van der Waals surface area contributed by atoms with E-state index >= 15 is 0 Å². The summed E-state index contributed by atoms with van der Waals surface area (Å²) in [6.07, 6.45) is -0.384. The lowest BCUT2D eigenvalue weighted by atomic mass is 10.0. The first-order valence-electron chi connectivity index (χ1n) is 5.87. The van der Waals surface area contributed by atoms with E-state index in [1.807, 2.05) is 0 Å². The highest BCUT2D eigenvalue weighted by molar-refractivity contribution is 5.89. The summed E-state index contributed by atoms with van der Waals surface area (Å²) in [5.74, 6) is -3.86. The van der Waals surface area contributed by atoms with Gasteiger partial charge in [0.25, 0.3) is 0 Å². The van der Waals surface area contributed by atoms with Crippen molar-refractivity contribution in [3.05, 3.63) is 0 Å². The molecular weight excluding hydrogens is 230 g/mol. The summed E-state index contributed by atoms with van der Waals surface area (Å²) in [6.45, 7) is 2.44. The number of hydrogen-bond acceptors (Lipinski definition) is 2. The lowest BCUT2D eigenvalue weighted by Crippen LogP contribution is -2.57. The van der Waals surface area contributed by atoms with Crippen molar-refractivity contribution in [2.45, 2.75) is 38.2 Å². The van der Waals surface area contributed by atoms with Crippen LogP contribution < -0.4 is 5.32 Å². The molecule has 1 aliphatic carbocycles. The normalized spacial score (nSPS) is 32.4. The summed E-state index contributed by atoms with van der Waals surface area (Å²) >= 11 is 0. The molecular formula is C11H16F2N2O2. The number of halogens is 2. The van der Waals surface area contributed by atoms with Crippen LogP contribution in [0.3, 0.4) is 0 Å². The Kier molecular flexibility index (Phi) is 3.05. The SMILES string of the molecule is CC1C(=O)NCCN1C(=O)C1CCC(F)(F)C1. The molecule has 2 rings (SSSR count). The Morgan fingerprint density at radius 1 is 1.53 bits per heavy atom. The molecule has 0 aromatic heterocycles. The maximum atomic E-state index is 13.0. The molecule has 2 unspecified atom stereocenters. The minimum Gasteiger partial charge on any atom is -0.353 e. The lowest BCUT2D eigenvalue weighted by molar-refractivity contribution is -0.146. The second kappa shape index (κ2) is 4.23. The van der Waals surface area contributed by atoms with Gasteiger partial charge in [0.2, 0.25) is 17.7 Å². The van der Waals surface area contributed by atoms with E-state index in [-0.39, 0.29) is 31.1 Å². The van der Waals surface area contributed by atoms with Gasteiger partial charge in [0, 0.05) is 31.8 Å². The molecule has 2 amide bonds. The molecule has 1 saturated heterocycles. The molecule has 1 saturated carbocycles. The summed E-state index contributed by atoms with van der Waals surface area (Å²) in [4.78, 5) is 24.9. The molecule has 2 fully saturated rings. The molecule has 0 aromatic rings. The number of nitrogens with zero attached hydrogens (tertiary/aromatic N) is 1. The van der Waals surface area contributed by atoms with Crippen molar-refractivity contribution in [1.82, 2.24) is 10.2 Å². The Hall–Kier alpha value is -1.20. The molecule has 1 aliphatic heterocycles. The molecule has 17 heavy (non-hydrogen) atoms. The van der Waals surface area contributed by atoms with Crippen LogP contribution in [0, 0.1) is 5.92 Å². The van der Waals surface area contributed by atoms with Crippen molar-refractivity contribution in [2.24, 2.45) is 5.92 Å². The zero-order valence-electron chi connectivity index (χ0n) is 9.71. The second-order valence-corrected chi connectivity index (χ2v) is 4.79. The number of carbonyl (C=O) groups excluding carboxylic acids is 2. The van der Waals surface area contributed by atoms with Crippen LogP contribution in [0.15, 0.2) is 0 Å². The Balaban J connectivity index is 2.03. The average Bonchev–Trinajstić information content (AvgIpc) is 2.62. The maximum Gasteiger partial charge on any atom is 0.248 e. The third-order valence-electron chi connectivity index (χ3n) is 3.53. The minimum atomic E-state index is -2.72. The van der Waals surface area contributed by atoms with Crippen molar-refractivity contribution in [3.8, 4) is 0 Å². The topological polar surface area (TPSA) is 49.4 Å². The maximum absolute atomic E-state index is 13.0. The summed E-state index contributed by atoms with van der Waals surface area (Å²) < 4.78 is 26.1. The van der Waals surface area contributed by atoms with E-state index in [0.717, 1.165) is 0 Å². The van der Waals surface area contributed by atoms with Gasteiger partial charge >= 0.3 is 0 Å². The first-order valence-corrected chi connectivity index (χ1v) is 5.87. The third kappa shape index (κ3) is 2.40. The number of amides is 2. The largest absolute Gasteiger partial charge is 0.353 e. The average molecular weight is 246 g/mol. The van der Waals surface area contributed by atoms with Crippen LogP contribution >= 0.6 is 0 Å². The van der Waals surface area contributed by atoms with E-state index < -0.39 is 17.9 Å². The summed E-state index contributed by atoms with van der Waals surface area (Å²) in [5.41, 5.74) is 0. The Bertz CT molecular complexity index is 346. The number of rotatable bonds is 1. The zero-order valence-corrected chi connectivity index (χ0v) is 9.71. The number of carbonyl (C=O) groups is 2. The summed E-state index contributed by atoms with van der Waals surface area (Å²) in [6, 6.07) is -0.550. The van der Waals surface area contributed by atoms with Gasteiger partial charge in [-0.2, -0.15) is 0 Å². The van der Waals surface area contributed by atoms with E-state index in [0.29, 0.717) is 13.1 Å². The van der Waals surface area contributed by atoms with Crippen LogP contribution in [0.5, 0.6) is 0 Å². The molecule has 0 aromatic carbocycles. The van der Waals surface area contributed by atoms with Gasteiger partial charge in [0.15, 0.2) is 0 Å². The van der Waals surface area contributed by atoms with E-state index in [1.165, 1.54) is 4.90 Å². The quantitative estimate of drug-likeness (QED) is 0.743. The van der Waals surface area contributed by atoms with Crippen LogP contribution in [0.25, 0.3) is 0 Å². The molecule has 0 radical (unpaired) electrons. The standard InChI is InChI=1S/C11H16F2N2O2/c1-7-9(16)14-4-5-15(7)10(17)8-2-3-11(12,13)6-8/h7-8H,2-6H2,1H3,(H,14,16). The molecule has 1 N–H and O–H groups in total.